The van der Waals surface area contributed by atoms with Crippen molar-refractivity contribution in [1.82, 2.24) is 10.2 Å². The fourth-order valence-electron chi connectivity index (χ4n) is 2.25. The minimum Gasteiger partial charge on any atom is -0.465 e. The molecule has 1 N–H and O–H groups in total. The van der Waals surface area contributed by atoms with E-state index in [1.165, 1.54) is 25.3 Å². The Morgan fingerprint density at radius 3 is 2.48 bits per heavy atom. The lowest BCUT2D eigenvalue weighted by molar-refractivity contribution is 0.0600. The van der Waals surface area contributed by atoms with Gasteiger partial charge in [-0.1, -0.05) is 6.92 Å². The van der Waals surface area contributed by atoms with Crippen LogP contribution in [0, 0.1) is 0 Å². The zero-order chi connectivity index (χ0) is 17.2. The van der Waals surface area contributed by atoms with E-state index in [-0.39, 0.29) is 16.0 Å². The van der Waals surface area contributed by atoms with Crippen LogP contribution in [0.25, 0.3) is 11.3 Å². The lowest BCUT2D eigenvalue weighted by Crippen LogP contribution is -2.11. The van der Waals surface area contributed by atoms with Gasteiger partial charge in [0.25, 0.3) is 5.56 Å². The fraction of sp³-hybridized carbons (Fsp3) is 0.267. The molecule has 0 atom stereocenters. The van der Waals surface area contributed by atoms with E-state index in [0.717, 1.165) is 6.26 Å². The molecule has 1 aromatic heterocycles. The standard InChI is InChI=1S/C15H16N2O5S/c1-4-9-7-10(15(19)22-2)8-12(23(3,20)21)14(9)11-5-6-13(18)17-16-11/h5-8H,4H2,1-3H3,(H,17,18). The van der Waals surface area contributed by atoms with Gasteiger partial charge in [0.1, 0.15) is 0 Å². The zero-order valence-electron chi connectivity index (χ0n) is 12.9. The largest absolute Gasteiger partial charge is 0.465 e. The quantitative estimate of drug-likeness (QED) is 0.841. The Kier molecular flexibility index (Phi) is 4.65. The minimum atomic E-state index is -3.63. The predicted molar refractivity (Wildman–Crippen MR) is 84.1 cm³/mol. The Balaban J connectivity index is 2.86. The summed E-state index contributed by atoms with van der Waals surface area (Å²) in [6.07, 6.45) is 1.53. The topological polar surface area (TPSA) is 106 Å². The van der Waals surface area contributed by atoms with Gasteiger partial charge in [0.2, 0.25) is 0 Å². The SMILES string of the molecule is CCc1cc(C(=O)OC)cc(S(C)(=O)=O)c1-c1ccc(=O)[nH]n1. The van der Waals surface area contributed by atoms with Crippen LogP contribution in [0.3, 0.4) is 0 Å². The summed E-state index contributed by atoms with van der Waals surface area (Å²) in [6, 6.07) is 5.55. The van der Waals surface area contributed by atoms with Gasteiger partial charge in [-0.25, -0.2) is 18.3 Å². The van der Waals surface area contributed by atoms with E-state index in [2.05, 4.69) is 14.9 Å². The lowest BCUT2D eigenvalue weighted by Gasteiger charge is -2.14. The van der Waals surface area contributed by atoms with Gasteiger partial charge >= 0.3 is 5.97 Å². The van der Waals surface area contributed by atoms with Crippen LogP contribution in [0.15, 0.2) is 34.0 Å². The molecule has 0 fully saturated rings. The minimum absolute atomic E-state index is 0.0307. The van der Waals surface area contributed by atoms with E-state index >= 15 is 0 Å². The summed E-state index contributed by atoms with van der Waals surface area (Å²) in [5.41, 5.74) is 1.07. The van der Waals surface area contributed by atoms with E-state index in [0.29, 0.717) is 23.2 Å². The molecule has 1 heterocycles. The van der Waals surface area contributed by atoms with Gasteiger partial charge in [-0.15, -0.1) is 0 Å². The van der Waals surface area contributed by atoms with Gasteiger partial charge in [-0.3, -0.25) is 4.79 Å². The highest BCUT2D eigenvalue weighted by Crippen LogP contribution is 2.31. The summed E-state index contributed by atoms with van der Waals surface area (Å²) < 4.78 is 29.0. The van der Waals surface area contributed by atoms with Crippen molar-refractivity contribution in [3.05, 3.63) is 45.7 Å². The monoisotopic (exact) mass is 336 g/mol. The molecule has 7 nitrogen and oxygen atoms in total. The van der Waals surface area contributed by atoms with Crippen molar-refractivity contribution in [2.24, 2.45) is 0 Å². The average Bonchev–Trinajstić information content (AvgIpc) is 2.52. The third-order valence-electron chi connectivity index (χ3n) is 3.32. The first-order valence-electron chi connectivity index (χ1n) is 6.79. The Labute approximate surface area is 133 Å². The molecule has 2 aromatic rings. The summed E-state index contributed by atoms with van der Waals surface area (Å²) in [6.45, 7) is 1.83. The van der Waals surface area contributed by atoms with Crippen molar-refractivity contribution in [1.29, 1.82) is 0 Å². The Morgan fingerprint density at radius 2 is 2.00 bits per heavy atom. The maximum atomic E-state index is 12.2. The zero-order valence-corrected chi connectivity index (χ0v) is 13.7. The molecule has 0 saturated heterocycles. The number of ether oxygens (including phenoxy) is 1. The second-order valence-corrected chi connectivity index (χ2v) is 6.92. The number of H-pyrrole nitrogens is 1. The number of nitrogens with one attached hydrogen (secondary N) is 1. The summed E-state index contributed by atoms with van der Waals surface area (Å²) in [5, 5.41) is 6.19. The van der Waals surface area contributed by atoms with E-state index in [4.69, 9.17) is 0 Å². The Hall–Kier alpha value is -2.48. The third-order valence-corrected chi connectivity index (χ3v) is 4.44. The summed E-state index contributed by atoms with van der Waals surface area (Å²) >= 11 is 0. The number of sulfone groups is 1. The van der Waals surface area contributed by atoms with Crippen LogP contribution in [0.2, 0.25) is 0 Å². The molecule has 0 unspecified atom stereocenters. The first-order chi connectivity index (χ1) is 10.8. The van der Waals surface area contributed by atoms with Crippen molar-refractivity contribution in [2.75, 3.05) is 13.4 Å². The lowest BCUT2D eigenvalue weighted by atomic mass is 9.99. The van der Waals surface area contributed by atoms with E-state index in [1.54, 1.807) is 6.07 Å². The van der Waals surface area contributed by atoms with Crippen molar-refractivity contribution >= 4 is 15.8 Å². The van der Waals surface area contributed by atoms with E-state index < -0.39 is 15.8 Å². The summed E-state index contributed by atoms with van der Waals surface area (Å²) in [5.74, 6) is -0.620. The average molecular weight is 336 g/mol. The summed E-state index contributed by atoms with van der Waals surface area (Å²) in [7, 11) is -2.40. The normalized spacial score (nSPS) is 11.3. The van der Waals surface area contributed by atoms with Crippen molar-refractivity contribution < 1.29 is 17.9 Å². The highest BCUT2D eigenvalue weighted by molar-refractivity contribution is 7.90. The number of carbonyl (C=O) groups is 1. The van der Waals surface area contributed by atoms with Gasteiger partial charge in [0.05, 0.1) is 23.3 Å². The number of hydrogen-bond donors (Lipinski definition) is 1. The van der Waals surface area contributed by atoms with E-state index in [9.17, 15) is 18.0 Å². The number of benzene rings is 1. The fourth-order valence-corrected chi connectivity index (χ4v) is 3.20. The molecule has 0 aliphatic heterocycles. The number of hydrogen-bond acceptors (Lipinski definition) is 6. The van der Waals surface area contributed by atoms with Crippen LogP contribution in [-0.2, 0) is 21.0 Å². The second-order valence-electron chi connectivity index (χ2n) is 4.93. The number of aryl methyl sites for hydroxylation is 1. The van der Waals surface area contributed by atoms with Crippen molar-refractivity contribution in [3.8, 4) is 11.3 Å². The molecule has 122 valence electrons. The molecule has 0 radical (unpaired) electrons. The first-order valence-corrected chi connectivity index (χ1v) is 8.68. The molecule has 0 saturated carbocycles. The number of aromatic nitrogens is 2. The molecule has 0 spiro atoms. The maximum Gasteiger partial charge on any atom is 0.337 e. The van der Waals surface area contributed by atoms with Crippen LogP contribution in [0.1, 0.15) is 22.8 Å². The first kappa shape index (κ1) is 16.9. The Morgan fingerprint density at radius 1 is 1.30 bits per heavy atom. The Bertz CT molecular complexity index is 895. The van der Waals surface area contributed by atoms with Gasteiger partial charge in [0.15, 0.2) is 9.84 Å². The number of aromatic amines is 1. The van der Waals surface area contributed by atoms with Crippen LogP contribution in [0.5, 0.6) is 0 Å². The predicted octanol–water partition coefficient (Wildman–Crippen LogP) is 1.19. The van der Waals surface area contributed by atoms with Gasteiger partial charge < -0.3 is 4.74 Å². The maximum absolute atomic E-state index is 12.2. The molecule has 2 rings (SSSR count). The number of carbonyl (C=O) groups excluding carboxylic acids is 1. The molecule has 0 aliphatic carbocycles. The van der Waals surface area contributed by atoms with Crippen LogP contribution in [-0.4, -0.2) is 38.0 Å². The molecular weight excluding hydrogens is 320 g/mol. The number of nitrogens with zero attached hydrogens (tertiary/aromatic N) is 1. The summed E-state index contributed by atoms with van der Waals surface area (Å²) in [4.78, 5) is 22.9. The molecule has 8 heteroatoms. The van der Waals surface area contributed by atoms with E-state index in [1.807, 2.05) is 6.92 Å². The molecular formula is C15H16N2O5S. The third kappa shape index (κ3) is 3.48. The molecule has 23 heavy (non-hydrogen) atoms. The smallest absolute Gasteiger partial charge is 0.337 e. The molecule has 0 amide bonds. The molecule has 0 bridgehead atoms. The van der Waals surface area contributed by atoms with Gasteiger partial charge in [-0.2, -0.15) is 5.10 Å². The van der Waals surface area contributed by atoms with Crippen LogP contribution >= 0.6 is 0 Å². The van der Waals surface area contributed by atoms with Crippen LogP contribution in [0.4, 0.5) is 0 Å². The molecule has 0 aliphatic rings. The number of methoxy groups -OCH3 is 1. The number of esters is 1. The van der Waals surface area contributed by atoms with Gasteiger partial charge in [0, 0.05) is 17.9 Å². The van der Waals surface area contributed by atoms with Crippen molar-refractivity contribution in [2.45, 2.75) is 18.2 Å². The highest BCUT2D eigenvalue weighted by atomic mass is 32.2. The van der Waals surface area contributed by atoms with Crippen LogP contribution < -0.4 is 5.56 Å². The van der Waals surface area contributed by atoms with Gasteiger partial charge in [-0.05, 0) is 30.2 Å². The highest BCUT2D eigenvalue weighted by Gasteiger charge is 2.22. The van der Waals surface area contributed by atoms with Crippen molar-refractivity contribution in [3.63, 3.8) is 0 Å². The number of rotatable bonds is 4. The second kappa shape index (κ2) is 6.33. The molecule has 1 aromatic carbocycles.